The van der Waals surface area contributed by atoms with Crippen molar-refractivity contribution < 1.29 is 9.13 Å². The Bertz CT molecular complexity index is 1090. The van der Waals surface area contributed by atoms with E-state index < -0.39 is 13.9 Å². The summed E-state index contributed by atoms with van der Waals surface area (Å²) < 4.78 is 18.1. The molecular formula is C31H33FOP+. The van der Waals surface area contributed by atoms with Gasteiger partial charge in [0.2, 0.25) is 0 Å². The number of benzene rings is 4. The van der Waals surface area contributed by atoms with Crippen LogP contribution in [0.4, 0.5) is 4.39 Å². The predicted molar refractivity (Wildman–Crippen MR) is 145 cm³/mol. The Kier molecular flexibility index (Phi) is 8.50. The molecular weight excluding hydrogens is 438 g/mol. The highest BCUT2D eigenvalue weighted by atomic mass is 31.2. The fourth-order valence-corrected chi connectivity index (χ4v) is 8.73. The summed E-state index contributed by atoms with van der Waals surface area (Å²) >= 11 is 0. The first kappa shape index (κ1) is 24.2. The SMILES string of the molecule is CCCCc1ccc(C[P+](c2ccccc2)(c2ccccc2)c2ccc(OCCF)cc2)cc1. The second-order valence-electron chi connectivity index (χ2n) is 8.59. The summed E-state index contributed by atoms with van der Waals surface area (Å²) in [7, 11) is -1.99. The zero-order valence-electron chi connectivity index (χ0n) is 19.9. The van der Waals surface area contributed by atoms with Gasteiger partial charge in [0, 0.05) is 0 Å². The van der Waals surface area contributed by atoms with E-state index in [0.29, 0.717) is 5.75 Å². The van der Waals surface area contributed by atoms with Crippen LogP contribution in [0.2, 0.25) is 0 Å². The summed E-state index contributed by atoms with van der Waals surface area (Å²) in [5, 5.41) is 4.01. The Morgan fingerprint density at radius 1 is 0.647 bits per heavy atom. The maximum absolute atomic E-state index is 12.6. The van der Waals surface area contributed by atoms with Gasteiger partial charge in [0.15, 0.2) is 0 Å². The molecule has 0 saturated carbocycles. The fraction of sp³-hybridized carbons (Fsp3) is 0.226. The molecule has 0 aliphatic heterocycles. The zero-order chi connectivity index (χ0) is 23.6. The number of rotatable bonds is 11. The zero-order valence-corrected chi connectivity index (χ0v) is 20.8. The Morgan fingerprint density at radius 2 is 1.18 bits per heavy atom. The van der Waals surface area contributed by atoms with Crippen LogP contribution >= 0.6 is 7.26 Å². The summed E-state index contributed by atoms with van der Waals surface area (Å²) in [5.41, 5.74) is 2.75. The molecule has 0 spiro atoms. The summed E-state index contributed by atoms with van der Waals surface area (Å²) in [6.07, 6.45) is 4.51. The summed E-state index contributed by atoms with van der Waals surface area (Å²) in [6.45, 7) is 1.84. The molecule has 34 heavy (non-hydrogen) atoms. The lowest BCUT2D eigenvalue weighted by molar-refractivity contribution is 0.273. The van der Waals surface area contributed by atoms with Crippen LogP contribution in [0.3, 0.4) is 0 Å². The molecule has 4 rings (SSSR count). The molecule has 0 radical (unpaired) electrons. The molecule has 4 aromatic rings. The van der Waals surface area contributed by atoms with Crippen molar-refractivity contribution in [3.05, 3.63) is 120 Å². The molecule has 0 amide bonds. The monoisotopic (exact) mass is 471 g/mol. The lowest BCUT2D eigenvalue weighted by atomic mass is 10.1. The molecule has 174 valence electrons. The van der Waals surface area contributed by atoms with Crippen molar-refractivity contribution in [2.45, 2.75) is 32.3 Å². The third kappa shape index (κ3) is 5.57. The van der Waals surface area contributed by atoms with Crippen LogP contribution in [0, 0.1) is 0 Å². The van der Waals surface area contributed by atoms with E-state index in [4.69, 9.17) is 4.74 Å². The molecule has 0 bridgehead atoms. The Hall–Kier alpha value is -2.96. The van der Waals surface area contributed by atoms with Crippen LogP contribution in [0.25, 0.3) is 0 Å². The Balaban J connectivity index is 1.82. The molecule has 3 heteroatoms. The topological polar surface area (TPSA) is 9.23 Å². The van der Waals surface area contributed by atoms with E-state index in [9.17, 15) is 4.39 Å². The van der Waals surface area contributed by atoms with E-state index in [1.54, 1.807) is 0 Å². The third-order valence-corrected chi connectivity index (χ3v) is 10.7. The van der Waals surface area contributed by atoms with Gasteiger partial charge in [-0.2, -0.15) is 0 Å². The van der Waals surface area contributed by atoms with Crippen molar-refractivity contribution in [3.63, 3.8) is 0 Å². The Labute approximate surface area is 204 Å². The van der Waals surface area contributed by atoms with Crippen LogP contribution in [0.15, 0.2) is 109 Å². The number of aryl methyl sites for hydroxylation is 1. The van der Waals surface area contributed by atoms with Crippen molar-refractivity contribution in [2.75, 3.05) is 13.3 Å². The van der Waals surface area contributed by atoms with Gasteiger partial charge in [-0.1, -0.05) is 74.0 Å². The van der Waals surface area contributed by atoms with Crippen LogP contribution in [0.5, 0.6) is 5.75 Å². The first-order chi connectivity index (χ1) is 16.8. The summed E-state index contributed by atoms with van der Waals surface area (Å²) in [6, 6.07) is 39.3. The molecule has 0 saturated heterocycles. The molecule has 1 nitrogen and oxygen atoms in total. The van der Waals surface area contributed by atoms with Crippen molar-refractivity contribution >= 4 is 23.2 Å². The molecule has 0 unspecified atom stereocenters. The summed E-state index contributed by atoms with van der Waals surface area (Å²) in [4.78, 5) is 0. The average Bonchev–Trinajstić information content (AvgIpc) is 2.91. The number of unbranched alkanes of at least 4 members (excludes halogenated alkanes) is 1. The number of halogens is 1. The maximum Gasteiger partial charge on any atom is 0.123 e. The first-order valence-corrected chi connectivity index (χ1v) is 14.1. The largest absolute Gasteiger partial charge is 0.491 e. The number of hydrogen-bond acceptors (Lipinski definition) is 1. The van der Waals surface area contributed by atoms with Crippen molar-refractivity contribution in [2.24, 2.45) is 0 Å². The van der Waals surface area contributed by atoms with Gasteiger partial charge in [0.1, 0.15) is 42.2 Å². The first-order valence-electron chi connectivity index (χ1n) is 12.1. The molecule has 0 aromatic heterocycles. The normalized spacial score (nSPS) is 11.4. The van der Waals surface area contributed by atoms with E-state index in [0.717, 1.165) is 12.6 Å². The minimum atomic E-state index is -1.99. The van der Waals surface area contributed by atoms with Crippen LogP contribution in [-0.4, -0.2) is 13.3 Å². The number of alkyl halides is 1. The molecule has 0 aliphatic rings. The van der Waals surface area contributed by atoms with Crippen LogP contribution in [-0.2, 0) is 12.6 Å². The minimum absolute atomic E-state index is 0.0847. The molecule has 0 atom stereocenters. The average molecular weight is 472 g/mol. The molecule has 0 heterocycles. The van der Waals surface area contributed by atoms with Gasteiger partial charge in [-0.3, -0.25) is 0 Å². The van der Waals surface area contributed by atoms with Gasteiger partial charge in [0.25, 0.3) is 0 Å². The number of ether oxygens (including phenoxy) is 1. The van der Waals surface area contributed by atoms with Gasteiger partial charge in [-0.15, -0.1) is 0 Å². The Morgan fingerprint density at radius 3 is 1.71 bits per heavy atom. The van der Waals surface area contributed by atoms with Crippen LogP contribution < -0.4 is 20.7 Å². The van der Waals surface area contributed by atoms with Gasteiger partial charge in [-0.25, -0.2) is 4.39 Å². The third-order valence-electron chi connectivity index (χ3n) is 6.28. The van der Waals surface area contributed by atoms with Gasteiger partial charge < -0.3 is 4.74 Å². The lowest BCUT2D eigenvalue weighted by Crippen LogP contribution is -2.32. The smallest absolute Gasteiger partial charge is 0.123 e. The van der Waals surface area contributed by atoms with Crippen molar-refractivity contribution in [1.82, 2.24) is 0 Å². The molecule has 4 aromatic carbocycles. The minimum Gasteiger partial charge on any atom is -0.491 e. The van der Waals surface area contributed by atoms with Crippen LogP contribution in [0.1, 0.15) is 30.9 Å². The van der Waals surface area contributed by atoms with E-state index in [2.05, 4.69) is 104 Å². The van der Waals surface area contributed by atoms with Gasteiger partial charge in [-0.05, 0) is 72.5 Å². The van der Waals surface area contributed by atoms with Crippen molar-refractivity contribution in [3.8, 4) is 5.75 Å². The molecule has 0 fully saturated rings. The van der Waals surface area contributed by atoms with Gasteiger partial charge >= 0.3 is 0 Å². The quantitative estimate of drug-likeness (QED) is 0.217. The summed E-state index contributed by atoms with van der Waals surface area (Å²) in [5.74, 6) is 0.709. The standard InChI is InChI=1S/C31H33FOP/c1-2-3-10-26-15-17-27(18-16-26)25-34(29-11-6-4-7-12-29,30-13-8-5-9-14-30)31-21-19-28(20-22-31)33-24-23-32/h4-9,11-22H,2-3,10,23-25H2,1H3/q+1. The van der Waals surface area contributed by atoms with E-state index in [1.165, 1.54) is 39.9 Å². The van der Waals surface area contributed by atoms with E-state index in [-0.39, 0.29) is 6.61 Å². The highest BCUT2D eigenvalue weighted by Crippen LogP contribution is 2.58. The van der Waals surface area contributed by atoms with Gasteiger partial charge in [0.05, 0.1) is 6.16 Å². The lowest BCUT2D eigenvalue weighted by Gasteiger charge is -2.28. The maximum atomic E-state index is 12.6. The second kappa shape index (κ2) is 12.0. The van der Waals surface area contributed by atoms with E-state index in [1.807, 2.05) is 12.1 Å². The second-order valence-corrected chi connectivity index (χ2v) is 12.1. The fourth-order valence-electron chi connectivity index (χ4n) is 4.51. The highest BCUT2D eigenvalue weighted by Gasteiger charge is 2.45. The predicted octanol–water partition coefficient (Wildman–Crippen LogP) is 6.87. The molecule has 0 N–H and O–H groups in total. The molecule has 0 aliphatic carbocycles. The van der Waals surface area contributed by atoms with E-state index >= 15 is 0 Å². The number of hydrogen-bond donors (Lipinski definition) is 0. The highest BCUT2D eigenvalue weighted by molar-refractivity contribution is 7.95. The van der Waals surface area contributed by atoms with Crippen molar-refractivity contribution in [1.29, 1.82) is 0 Å².